The average Bonchev–Trinajstić information content (AvgIpc) is 2.25. The molecule has 0 aromatic heterocycles. The number of anilines is 1. The van der Waals surface area contributed by atoms with Gasteiger partial charge in [-0.2, -0.15) is 0 Å². The Morgan fingerprint density at radius 1 is 0.812 bits per heavy atom. The highest BCUT2D eigenvalue weighted by Crippen LogP contribution is 2.36. The van der Waals surface area contributed by atoms with Crippen LogP contribution in [0.5, 0.6) is 17.2 Å². The standard InChI is InChI=1S/C12H19NO3/c1-4-14-10-8-12(16-6-3)11(15-5-2)7-9(10)13/h7-8H,4-6,13H2,1-3H3. The first-order chi connectivity index (χ1) is 7.72. The molecule has 0 fully saturated rings. The summed E-state index contributed by atoms with van der Waals surface area (Å²) in [5.41, 5.74) is 6.41. The van der Waals surface area contributed by atoms with E-state index in [1.165, 1.54) is 0 Å². The molecule has 0 unspecified atom stereocenters. The van der Waals surface area contributed by atoms with Gasteiger partial charge in [0.15, 0.2) is 11.5 Å². The summed E-state index contributed by atoms with van der Waals surface area (Å²) >= 11 is 0. The van der Waals surface area contributed by atoms with Gasteiger partial charge in [0.1, 0.15) is 5.75 Å². The van der Waals surface area contributed by atoms with Crippen LogP contribution in [0.3, 0.4) is 0 Å². The molecule has 0 saturated heterocycles. The highest BCUT2D eigenvalue weighted by atomic mass is 16.5. The summed E-state index contributed by atoms with van der Waals surface area (Å²) in [5.74, 6) is 1.96. The zero-order valence-corrected chi connectivity index (χ0v) is 10.1. The summed E-state index contributed by atoms with van der Waals surface area (Å²) in [6.45, 7) is 7.48. The van der Waals surface area contributed by atoms with E-state index in [4.69, 9.17) is 19.9 Å². The first kappa shape index (κ1) is 12.5. The number of rotatable bonds is 6. The molecule has 0 aliphatic carbocycles. The van der Waals surface area contributed by atoms with Crippen LogP contribution in [0.15, 0.2) is 12.1 Å². The number of nitrogen functional groups attached to an aromatic ring is 1. The minimum Gasteiger partial charge on any atom is -0.492 e. The summed E-state index contributed by atoms with van der Waals surface area (Å²) in [6, 6.07) is 3.51. The zero-order valence-electron chi connectivity index (χ0n) is 10.1. The van der Waals surface area contributed by atoms with Gasteiger partial charge in [0.25, 0.3) is 0 Å². The quantitative estimate of drug-likeness (QED) is 0.756. The predicted molar refractivity (Wildman–Crippen MR) is 64.4 cm³/mol. The molecule has 0 bridgehead atoms. The molecule has 4 nitrogen and oxygen atoms in total. The van der Waals surface area contributed by atoms with E-state index in [1.54, 1.807) is 12.1 Å². The molecule has 16 heavy (non-hydrogen) atoms. The van der Waals surface area contributed by atoms with Gasteiger partial charge in [-0.3, -0.25) is 0 Å². The van der Waals surface area contributed by atoms with Crippen molar-refractivity contribution >= 4 is 5.69 Å². The number of benzene rings is 1. The van der Waals surface area contributed by atoms with Crippen molar-refractivity contribution < 1.29 is 14.2 Å². The van der Waals surface area contributed by atoms with E-state index in [0.717, 1.165) is 0 Å². The SMILES string of the molecule is CCOc1cc(OCC)c(OCC)cc1N. The van der Waals surface area contributed by atoms with Crippen LogP contribution in [0.1, 0.15) is 20.8 Å². The fraction of sp³-hybridized carbons (Fsp3) is 0.500. The van der Waals surface area contributed by atoms with E-state index in [9.17, 15) is 0 Å². The summed E-state index contributed by atoms with van der Waals surface area (Å²) in [6.07, 6.45) is 0. The van der Waals surface area contributed by atoms with Gasteiger partial charge in [-0.25, -0.2) is 0 Å². The van der Waals surface area contributed by atoms with Gasteiger partial charge < -0.3 is 19.9 Å². The van der Waals surface area contributed by atoms with Crippen molar-refractivity contribution in [2.75, 3.05) is 25.6 Å². The second-order valence-corrected chi connectivity index (χ2v) is 3.14. The van der Waals surface area contributed by atoms with Crippen LogP contribution in [0.25, 0.3) is 0 Å². The van der Waals surface area contributed by atoms with Crippen LogP contribution < -0.4 is 19.9 Å². The number of hydrogen-bond acceptors (Lipinski definition) is 4. The smallest absolute Gasteiger partial charge is 0.164 e. The fourth-order valence-electron chi connectivity index (χ4n) is 1.37. The molecule has 2 N–H and O–H groups in total. The average molecular weight is 225 g/mol. The lowest BCUT2D eigenvalue weighted by Gasteiger charge is -2.14. The Balaban J connectivity index is 3.03. The van der Waals surface area contributed by atoms with Gasteiger partial charge in [0, 0.05) is 12.1 Å². The third-order valence-electron chi connectivity index (χ3n) is 1.98. The van der Waals surface area contributed by atoms with Crippen molar-refractivity contribution in [1.82, 2.24) is 0 Å². The number of ether oxygens (including phenoxy) is 3. The largest absolute Gasteiger partial charge is 0.492 e. The van der Waals surface area contributed by atoms with Crippen molar-refractivity contribution in [2.45, 2.75) is 20.8 Å². The van der Waals surface area contributed by atoms with Gasteiger partial charge in [-0.1, -0.05) is 0 Å². The van der Waals surface area contributed by atoms with Crippen LogP contribution in [0.4, 0.5) is 5.69 Å². The highest BCUT2D eigenvalue weighted by molar-refractivity contribution is 5.61. The molecule has 1 rings (SSSR count). The minimum absolute atomic E-state index is 0.564. The molecular weight excluding hydrogens is 206 g/mol. The Bertz CT molecular complexity index is 339. The molecule has 0 heterocycles. The predicted octanol–water partition coefficient (Wildman–Crippen LogP) is 2.46. The molecule has 1 aromatic carbocycles. The molecule has 0 atom stereocenters. The molecule has 1 aromatic rings. The highest BCUT2D eigenvalue weighted by Gasteiger charge is 2.10. The fourth-order valence-corrected chi connectivity index (χ4v) is 1.37. The third-order valence-corrected chi connectivity index (χ3v) is 1.98. The lowest BCUT2D eigenvalue weighted by atomic mass is 10.2. The van der Waals surface area contributed by atoms with Crippen molar-refractivity contribution in [3.63, 3.8) is 0 Å². The van der Waals surface area contributed by atoms with Crippen molar-refractivity contribution in [1.29, 1.82) is 0 Å². The Labute approximate surface area is 96.3 Å². The summed E-state index contributed by atoms with van der Waals surface area (Å²) < 4.78 is 16.3. The Kier molecular flexibility index (Phi) is 4.76. The Hall–Kier alpha value is -1.58. The molecule has 90 valence electrons. The van der Waals surface area contributed by atoms with Crippen LogP contribution in [0, 0.1) is 0 Å². The van der Waals surface area contributed by atoms with Gasteiger partial charge >= 0.3 is 0 Å². The number of hydrogen-bond donors (Lipinski definition) is 1. The van der Waals surface area contributed by atoms with Crippen molar-refractivity contribution in [3.05, 3.63) is 12.1 Å². The second-order valence-electron chi connectivity index (χ2n) is 3.14. The van der Waals surface area contributed by atoms with E-state index in [0.29, 0.717) is 42.8 Å². The number of nitrogens with two attached hydrogens (primary N) is 1. The lowest BCUT2D eigenvalue weighted by Crippen LogP contribution is -2.02. The van der Waals surface area contributed by atoms with Crippen LogP contribution in [-0.4, -0.2) is 19.8 Å². The molecule has 0 amide bonds. The lowest BCUT2D eigenvalue weighted by molar-refractivity contribution is 0.283. The van der Waals surface area contributed by atoms with Crippen LogP contribution in [0.2, 0.25) is 0 Å². The van der Waals surface area contributed by atoms with Crippen LogP contribution >= 0.6 is 0 Å². The van der Waals surface area contributed by atoms with E-state index < -0.39 is 0 Å². The van der Waals surface area contributed by atoms with E-state index >= 15 is 0 Å². The van der Waals surface area contributed by atoms with Crippen molar-refractivity contribution in [3.8, 4) is 17.2 Å². The molecule has 0 radical (unpaired) electrons. The Morgan fingerprint density at radius 3 is 1.75 bits per heavy atom. The summed E-state index contributed by atoms with van der Waals surface area (Å²) in [4.78, 5) is 0. The van der Waals surface area contributed by atoms with E-state index in [1.807, 2.05) is 20.8 Å². The maximum atomic E-state index is 5.84. The van der Waals surface area contributed by atoms with E-state index in [2.05, 4.69) is 0 Å². The summed E-state index contributed by atoms with van der Waals surface area (Å²) in [5, 5.41) is 0. The van der Waals surface area contributed by atoms with Gasteiger partial charge in [0.05, 0.1) is 25.5 Å². The monoisotopic (exact) mass is 225 g/mol. The zero-order chi connectivity index (χ0) is 12.0. The molecule has 0 saturated carbocycles. The van der Waals surface area contributed by atoms with Crippen LogP contribution in [-0.2, 0) is 0 Å². The summed E-state index contributed by atoms with van der Waals surface area (Å²) in [7, 11) is 0. The minimum atomic E-state index is 0.564. The first-order valence-electron chi connectivity index (χ1n) is 5.54. The van der Waals surface area contributed by atoms with E-state index in [-0.39, 0.29) is 0 Å². The molecule has 4 heteroatoms. The van der Waals surface area contributed by atoms with Crippen molar-refractivity contribution in [2.24, 2.45) is 0 Å². The normalized spacial score (nSPS) is 9.94. The van der Waals surface area contributed by atoms with Gasteiger partial charge in [-0.05, 0) is 20.8 Å². The van der Waals surface area contributed by atoms with Gasteiger partial charge in [-0.15, -0.1) is 0 Å². The Morgan fingerprint density at radius 2 is 1.25 bits per heavy atom. The third kappa shape index (κ3) is 2.95. The van der Waals surface area contributed by atoms with Gasteiger partial charge in [0.2, 0.25) is 0 Å². The first-order valence-corrected chi connectivity index (χ1v) is 5.54. The maximum Gasteiger partial charge on any atom is 0.164 e. The molecule has 0 aliphatic heterocycles. The second kappa shape index (κ2) is 6.10. The maximum absolute atomic E-state index is 5.84. The molecule has 0 aliphatic rings. The molecule has 0 spiro atoms. The molecular formula is C12H19NO3. The topological polar surface area (TPSA) is 53.7 Å².